The Kier molecular flexibility index (Phi) is 9.44. The second-order valence-corrected chi connectivity index (χ2v) is 9.12. The van der Waals surface area contributed by atoms with Crippen molar-refractivity contribution < 1.29 is 93.0 Å². The van der Waals surface area contributed by atoms with Crippen molar-refractivity contribution >= 4 is 42.4 Å². The zero-order valence-electron chi connectivity index (χ0n) is 19.2. The Morgan fingerprint density at radius 2 is 1.23 bits per heavy atom. The summed E-state index contributed by atoms with van der Waals surface area (Å²) in [6.07, 6.45) is 0. The van der Waals surface area contributed by atoms with Crippen LogP contribution in [0.2, 0.25) is 0 Å². The first-order valence-corrected chi connectivity index (χ1v) is 11.0. The molecule has 0 spiro atoms. The Balaban J connectivity index is 0. The summed E-state index contributed by atoms with van der Waals surface area (Å²) in [4.78, 5) is -0.808. The van der Waals surface area contributed by atoms with Crippen molar-refractivity contribution in [3.05, 3.63) is 53.6 Å². The molecule has 3 N–H and O–H groups in total. The number of hydrogen-bond acceptors (Lipinski definition) is 7. The first-order chi connectivity index (χ1) is 13.4. The number of azo groups is 1. The third kappa shape index (κ3) is 6.14. The van der Waals surface area contributed by atoms with Gasteiger partial charge in [0.1, 0.15) is 10.6 Å². The molecule has 0 radical (unpaired) electrons. The SMILES string of the molecule is Cc1cc(C)c(S(=O)(=O)O)cc1N=Nc1cc(S(=O)(=O)O)c2ccccc2c1O.[H-].[H-].[Na+].[Na+]. The number of nitrogens with zero attached hydrogens (tertiary/aromatic N) is 2. The van der Waals surface area contributed by atoms with Crippen LogP contribution in [-0.2, 0) is 20.2 Å². The molecular formula is C18H18N2Na2O7S2. The van der Waals surface area contributed by atoms with Gasteiger partial charge in [0.15, 0.2) is 5.75 Å². The number of phenols is 1. The van der Waals surface area contributed by atoms with Crippen LogP contribution in [0.3, 0.4) is 0 Å². The number of fused-ring (bicyclic) bond motifs is 1. The van der Waals surface area contributed by atoms with Gasteiger partial charge >= 0.3 is 59.1 Å². The Hall–Kier alpha value is -0.860. The third-order valence-electron chi connectivity index (χ3n) is 4.27. The van der Waals surface area contributed by atoms with Crippen molar-refractivity contribution in [2.24, 2.45) is 10.2 Å². The van der Waals surface area contributed by atoms with Crippen molar-refractivity contribution in [1.82, 2.24) is 0 Å². The topological polar surface area (TPSA) is 154 Å². The summed E-state index contributed by atoms with van der Waals surface area (Å²) in [5.74, 6) is -0.364. The average molecular weight is 484 g/mol. The monoisotopic (exact) mass is 484 g/mol. The van der Waals surface area contributed by atoms with Crippen LogP contribution in [0, 0.1) is 13.8 Å². The number of benzene rings is 3. The molecule has 3 aromatic carbocycles. The smallest absolute Gasteiger partial charge is 1.00 e. The van der Waals surface area contributed by atoms with E-state index in [1.54, 1.807) is 19.1 Å². The standard InChI is InChI=1S/C18H16N2O7S2.2Na.2H/c1-10-7-11(2)16(28(22,23)24)8-14(10)19-20-15-9-17(29(25,26)27)12-5-3-4-6-13(12)18(15)21;;;;/h3-9,21H,1-2H3,(H,22,23,24)(H,25,26,27);;;;/q;2*+1;2*-1. The predicted octanol–water partition coefficient (Wildman–Crippen LogP) is -1.70. The van der Waals surface area contributed by atoms with Gasteiger partial charge in [-0.2, -0.15) is 21.9 Å². The molecule has 0 bridgehead atoms. The fraction of sp³-hybridized carbons (Fsp3) is 0.111. The molecular weight excluding hydrogens is 466 g/mol. The minimum absolute atomic E-state index is 0. The molecule has 0 amide bonds. The van der Waals surface area contributed by atoms with E-state index >= 15 is 0 Å². The van der Waals surface area contributed by atoms with Gasteiger partial charge in [-0.15, -0.1) is 5.11 Å². The van der Waals surface area contributed by atoms with E-state index < -0.39 is 25.1 Å². The van der Waals surface area contributed by atoms with E-state index in [0.29, 0.717) is 11.1 Å². The van der Waals surface area contributed by atoms with Crippen molar-refractivity contribution in [2.75, 3.05) is 0 Å². The van der Waals surface area contributed by atoms with E-state index in [2.05, 4.69) is 10.2 Å². The fourth-order valence-electron chi connectivity index (χ4n) is 2.92. The van der Waals surface area contributed by atoms with E-state index in [-0.39, 0.29) is 94.8 Å². The largest absolute Gasteiger partial charge is 1.00 e. The second-order valence-electron chi connectivity index (χ2n) is 6.34. The molecule has 0 aromatic heterocycles. The minimum atomic E-state index is -4.62. The van der Waals surface area contributed by atoms with Crippen LogP contribution in [0.15, 0.2) is 62.5 Å². The van der Waals surface area contributed by atoms with Crippen LogP contribution in [0.5, 0.6) is 5.75 Å². The zero-order chi connectivity index (χ0) is 21.6. The Morgan fingerprint density at radius 3 is 1.77 bits per heavy atom. The normalized spacial score (nSPS) is 11.9. The molecule has 0 saturated carbocycles. The first-order valence-electron chi connectivity index (χ1n) is 8.12. The van der Waals surface area contributed by atoms with Gasteiger partial charge in [-0.25, -0.2) is 0 Å². The fourth-order valence-corrected chi connectivity index (χ4v) is 4.36. The molecule has 156 valence electrons. The summed E-state index contributed by atoms with van der Waals surface area (Å²) in [6, 6.07) is 9.55. The number of aryl methyl sites for hydroxylation is 2. The molecule has 0 fully saturated rings. The number of rotatable bonds is 4. The van der Waals surface area contributed by atoms with Crippen molar-refractivity contribution in [1.29, 1.82) is 0 Å². The van der Waals surface area contributed by atoms with E-state index in [0.717, 1.165) is 12.1 Å². The van der Waals surface area contributed by atoms with Crippen LogP contribution in [0.1, 0.15) is 14.0 Å². The maximum Gasteiger partial charge on any atom is 1.00 e. The van der Waals surface area contributed by atoms with Gasteiger partial charge in [-0.3, -0.25) is 9.11 Å². The molecule has 0 aliphatic heterocycles. The molecule has 0 aliphatic carbocycles. The van der Waals surface area contributed by atoms with Crippen molar-refractivity contribution in [2.45, 2.75) is 23.6 Å². The van der Waals surface area contributed by atoms with Crippen LogP contribution < -0.4 is 59.1 Å². The quantitative estimate of drug-likeness (QED) is 0.227. The van der Waals surface area contributed by atoms with Gasteiger partial charge in [-0.1, -0.05) is 30.3 Å². The summed E-state index contributed by atoms with van der Waals surface area (Å²) in [6.45, 7) is 3.14. The van der Waals surface area contributed by atoms with Gasteiger partial charge in [0, 0.05) is 10.8 Å². The van der Waals surface area contributed by atoms with Crippen LogP contribution in [-0.4, -0.2) is 31.0 Å². The Labute approximate surface area is 226 Å². The van der Waals surface area contributed by atoms with Crippen molar-refractivity contribution in [3.63, 3.8) is 0 Å². The molecule has 0 unspecified atom stereocenters. The minimum Gasteiger partial charge on any atom is -1.00 e. The summed E-state index contributed by atoms with van der Waals surface area (Å²) >= 11 is 0. The second kappa shape index (κ2) is 10.4. The van der Waals surface area contributed by atoms with E-state index in [4.69, 9.17) is 0 Å². The van der Waals surface area contributed by atoms with Gasteiger partial charge < -0.3 is 7.96 Å². The van der Waals surface area contributed by atoms with Crippen molar-refractivity contribution in [3.8, 4) is 5.75 Å². The maximum atomic E-state index is 11.7. The van der Waals surface area contributed by atoms with Gasteiger partial charge in [0.25, 0.3) is 20.2 Å². The molecule has 0 aliphatic rings. The summed E-state index contributed by atoms with van der Waals surface area (Å²) in [7, 11) is -9.10. The van der Waals surface area contributed by atoms with Crippen LogP contribution >= 0.6 is 0 Å². The van der Waals surface area contributed by atoms with E-state index in [1.807, 2.05) is 0 Å². The first kappa shape index (κ1) is 28.2. The molecule has 31 heavy (non-hydrogen) atoms. The molecule has 3 aromatic rings. The summed E-state index contributed by atoms with van der Waals surface area (Å²) < 4.78 is 65.3. The molecule has 9 nitrogen and oxygen atoms in total. The number of aromatic hydroxyl groups is 1. The number of hydrogen-bond donors (Lipinski definition) is 3. The Morgan fingerprint density at radius 1 is 0.742 bits per heavy atom. The maximum absolute atomic E-state index is 11.7. The summed E-state index contributed by atoms with van der Waals surface area (Å²) in [5.41, 5.74) is 0.689. The molecule has 0 heterocycles. The number of phenolic OH excluding ortho intramolecular Hbond substituents is 1. The summed E-state index contributed by atoms with van der Waals surface area (Å²) in [5, 5.41) is 18.4. The van der Waals surface area contributed by atoms with Gasteiger partial charge in [0.05, 0.1) is 10.6 Å². The average Bonchev–Trinajstić information content (AvgIpc) is 2.60. The molecule has 0 saturated heterocycles. The molecule has 0 atom stereocenters. The zero-order valence-corrected chi connectivity index (χ0v) is 22.9. The Bertz CT molecular complexity index is 1400. The van der Waals surface area contributed by atoms with Gasteiger partial charge in [-0.05, 0) is 37.1 Å². The predicted molar refractivity (Wildman–Crippen MR) is 108 cm³/mol. The third-order valence-corrected chi connectivity index (χ3v) is 6.16. The van der Waals surface area contributed by atoms with E-state index in [1.165, 1.54) is 25.1 Å². The van der Waals surface area contributed by atoms with Crippen LogP contribution in [0.25, 0.3) is 10.8 Å². The van der Waals surface area contributed by atoms with Gasteiger partial charge in [0.2, 0.25) is 0 Å². The van der Waals surface area contributed by atoms with Crippen LogP contribution in [0.4, 0.5) is 11.4 Å². The van der Waals surface area contributed by atoms with E-state index in [9.17, 15) is 31.0 Å². The molecule has 3 rings (SSSR count). The molecule has 13 heteroatoms.